The normalized spacial score (nSPS) is 12.2. The lowest BCUT2D eigenvalue weighted by molar-refractivity contribution is -0.116. The van der Waals surface area contributed by atoms with Crippen LogP contribution in [0.1, 0.15) is 6.92 Å². The second-order valence-electron chi connectivity index (χ2n) is 5.77. The Bertz CT molecular complexity index is 933. The number of anilines is 2. The molecule has 1 N–H and O–H groups in total. The summed E-state index contributed by atoms with van der Waals surface area (Å²) in [6.45, 7) is 1.50. The van der Waals surface area contributed by atoms with Crippen LogP contribution in [0.2, 0.25) is 5.02 Å². The highest BCUT2D eigenvalue weighted by Gasteiger charge is 2.29. The van der Waals surface area contributed by atoms with Crippen LogP contribution in [0.5, 0.6) is 11.5 Å². The van der Waals surface area contributed by atoms with Crippen molar-refractivity contribution in [1.29, 1.82) is 0 Å². The number of hydrogen-bond acceptors (Lipinski definition) is 5. The summed E-state index contributed by atoms with van der Waals surface area (Å²) in [7, 11) is -0.736. The molecule has 0 aromatic heterocycles. The lowest BCUT2D eigenvalue weighted by Gasteiger charge is -2.28. The van der Waals surface area contributed by atoms with Crippen molar-refractivity contribution in [3.8, 4) is 11.5 Å². The molecule has 0 bridgehead atoms. The van der Waals surface area contributed by atoms with Crippen molar-refractivity contribution in [2.45, 2.75) is 13.0 Å². The highest BCUT2D eigenvalue weighted by molar-refractivity contribution is 7.92. The number of sulfonamides is 1. The van der Waals surface area contributed by atoms with Gasteiger partial charge in [-0.05, 0) is 37.3 Å². The van der Waals surface area contributed by atoms with E-state index in [1.165, 1.54) is 27.2 Å². The molecule has 0 saturated carbocycles. The largest absolute Gasteiger partial charge is 0.493 e. The van der Waals surface area contributed by atoms with Gasteiger partial charge in [-0.3, -0.25) is 9.10 Å². The Morgan fingerprint density at radius 2 is 1.78 bits per heavy atom. The lowest BCUT2D eigenvalue weighted by Crippen LogP contribution is -2.45. The summed E-state index contributed by atoms with van der Waals surface area (Å²) >= 11 is 5.97. The van der Waals surface area contributed by atoms with Gasteiger partial charge in [-0.15, -0.1) is 0 Å². The zero-order chi connectivity index (χ0) is 20.2. The van der Waals surface area contributed by atoms with E-state index >= 15 is 0 Å². The average Bonchev–Trinajstić information content (AvgIpc) is 2.60. The van der Waals surface area contributed by atoms with E-state index in [4.69, 9.17) is 21.1 Å². The number of carbonyl (C=O) groups is 1. The topological polar surface area (TPSA) is 84.9 Å². The first-order valence-corrected chi connectivity index (χ1v) is 10.2. The first-order chi connectivity index (χ1) is 12.7. The fourth-order valence-corrected chi connectivity index (χ4v) is 3.93. The number of ether oxygens (including phenoxy) is 2. The Balaban J connectivity index is 2.30. The zero-order valence-electron chi connectivity index (χ0n) is 15.4. The highest BCUT2D eigenvalue weighted by atomic mass is 35.5. The third-order valence-electron chi connectivity index (χ3n) is 3.80. The summed E-state index contributed by atoms with van der Waals surface area (Å²) in [5.41, 5.74) is 0.754. The Hall–Kier alpha value is -2.45. The molecule has 0 fully saturated rings. The number of hydrogen-bond donors (Lipinski definition) is 1. The van der Waals surface area contributed by atoms with Gasteiger partial charge in [0.15, 0.2) is 11.5 Å². The van der Waals surface area contributed by atoms with Gasteiger partial charge in [0.2, 0.25) is 15.9 Å². The van der Waals surface area contributed by atoms with Gasteiger partial charge in [0.25, 0.3) is 0 Å². The van der Waals surface area contributed by atoms with E-state index in [2.05, 4.69) is 5.32 Å². The van der Waals surface area contributed by atoms with Crippen LogP contribution in [-0.4, -0.2) is 40.8 Å². The standard InChI is InChI=1S/C18H21ClN2O5S/c1-12(21(27(4,23)24)15-7-5-6-13(19)10-15)18(22)20-14-8-9-16(25-2)17(11-14)26-3/h5-12H,1-4H3,(H,20,22). The fraction of sp³-hybridized carbons (Fsp3) is 0.278. The number of amides is 1. The van der Waals surface area contributed by atoms with Crippen LogP contribution in [0.4, 0.5) is 11.4 Å². The van der Waals surface area contributed by atoms with Gasteiger partial charge in [0.05, 0.1) is 26.2 Å². The van der Waals surface area contributed by atoms with E-state index in [0.29, 0.717) is 27.9 Å². The smallest absolute Gasteiger partial charge is 0.247 e. The van der Waals surface area contributed by atoms with E-state index in [-0.39, 0.29) is 0 Å². The van der Waals surface area contributed by atoms with Crippen LogP contribution >= 0.6 is 11.6 Å². The zero-order valence-corrected chi connectivity index (χ0v) is 17.0. The molecule has 2 rings (SSSR count). The predicted octanol–water partition coefficient (Wildman–Crippen LogP) is 3.15. The van der Waals surface area contributed by atoms with Crippen molar-refractivity contribution in [2.24, 2.45) is 0 Å². The van der Waals surface area contributed by atoms with Crippen molar-refractivity contribution in [1.82, 2.24) is 0 Å². The number of nitrogens with zero attached hydrogens (tertiary/aromatic N) is 1. The van der Waals surface area contributed by atoms with Crippen LogP contribution in [0, 0.1) is 0 Å². The number of benzene rings is 2. The second kappa shape index (κ2) is 8.49. The van der Waals surface area contributed by atoms with Gasteiger partial charge >= 0.3 is 0 Å². The SMILES string of the molecule is COc1ccc(NC(=O)C(C)N(c2cccc(Cl)c2)S(C)(=O)=O)cc1OC. The van der Waals surface area contributed by atoms with Gasteiger partial charge in [-0.1, -0.05) is 17.7 Å². The minimum atomic E-state index is -3.73. The summed E-state index contributed by atoms with van der Waals surface area (Å²) in [5, 5.41) is 3.06. The summed E-state index contributed by atoms with van der Waals surface area (Å²) in [6.07, 6.45) is 1.04. The minimum absolute atomic E-state index is 0.306. The quantitative estimate of drug-likeness (QED) is 0.755. The van der Waals surface area contributed by atoms with Gasteiger partial charge in [0, 0.05) is 16.8 Å². The predicted molar refractivity (Wildman–Crippen MR) is 106 cm³/mol. The molecular formula is C18H21ClN2O5S. The summed E-state index contributed by atoms with van der Waals surface area (Å²) in [5.74, 6) is 0.450. The molecule has 1 atom stereocenters. The molecule has 1 unspecified atom stereocenters. The van der Waals surface area contributed by atoms with Crippen LogP contribution in [0.15, 0.2) is 42.5 Å². The monoisotopic (exact) mass is 412 g/mol. The summed E-state index contributed by atoms with van der Waals surface area (Å²) in [4.78, 5) is 12.7. The van der Waals surface area contributed by atoms with E-state index in [1.54, 1.807) is 36.4 Å². The molecule has 2 aromatic carbocycles. The maximum absolute atomic E-state index is 12.7. The number of halogens is 1. The van der Waals surface area contributed by atoms with E-state index in [1.807, 2.05) is 0 Å². The fourth-order valence-electron chi connectivity index (χ4n) is 2.58. The Labute approximate surface area is 163 Å². The van der Waals surface area contributed by atoms with Gasteiger partial charge in [-0.2, -0.15) is 0 Å². The van der Waals surface area contributed by atoms with Crippen molar-refractivity contribution in [3.05, 3.63) is 47.5 Å². The molecule has 0 aliphatic carbocycles. The molecule has 0 saturated heterocycles. The van der Waals surface area contributed by atoms with Crippen molar-refractivity contribution < 1.29 is 22.7 Å². The first-order valence-electron chi connectivity index (χ1n) is 7.95. The van der Waals surface area contributed by atoms with E-state index in [0.717, 1.165) is 10.6 Å². The van der Waals surface area contributed by atoms with Gasteiger partial charge in [0.1, 0.15) is 6.04 Å². The summed E-state index contributed by atoms with van der Waals surface area (Å²) < 4.78 is 36.0. The van der Waals surface area contributed by atoms with Crippen molar-refractivity contribution >= 4 is 38.9 Å². The number of carbonyl (C=O) groups excluding carboxylic acids is 1. The Morgan fingerprint density at radius 3 is 2.33 bits per heavy atom. The Morgan fingerprint density at radius 1 is 1.11 bits per heavy atom. The number of rotatable bonds is 7. The third-order valence-corrected chi connectivity index (χ3v) is 5.28. The molecule has 0 aliphatic heterocycles. The van der Waals surface area contributed by atoms with Gasteiger partial charge in [-0.25, -0.2) is 8.42 Å². The van der Waals surface area contributed by atoms with Crippen molar-refractivity contribution in [2.75, 3.05) is 30.1 Å². The molecule has 7 nitrogen and oxygen atoms in total. The molecule has 2 aromatic rings. The van der Waals surface area contributed by atoms with Crippen LogP contribution in [-0.2, 0) is 14.8 Å². The molecule has 146 valence electrons. The van der Waals surface area contributed by atoms with Crippen LogP contribution < -0.4 is 19.1 Å². The maximum atomic E-state index is 12.7. The maximum Gasteiger partial charge on any atom is 0.247 e. The highest BCUT2D eigenvalue weighted by Crippen LogP contribution is 2.30. The van der Waals surface area contributed by atoms with Crippen LogP contribution in [0.3, 0.4) is 0 Å². The van der Waals surface area contributed by atoms with Gasteiger partial charge < -0.3 is 14.8 Å². The molecule has 27 heavy (non-hydrogen) atoms. The molecule has 1 amide bonds. The molecular weight excluding hydrogens is 392 g/mol. The summed E-state index contributed by atoms with van der Waals surface area (Å²) in [6, 6.07) is 10.2. The number of nitrogens with one attached hydrogen (secondary N) is 1. The second-order valence-corrected chi connectivity index (χ2v) is 8.07. The molecule has 9 heteroatoms. The lowest BCUT2D eigenvalue weighted by atomic mass is 10.2. The Kier molecular flexibility index (Phi) is 6.56. The molecule has 0 heterocycles. The third kappa shape index (κ3) is 5.05. The minimum Gasteiger partial charge on any atom is -0.493 e. The van der Waals surface area contributed by atoms with E-state index < -0.39 is 22.0 Å². The first kappa shape index (κ1) is 20.9. The molecule has 0 aliphatic rings. The van der Waals surface area contributed by atoms with Crippen molar-refractivity contribution in [3.63, 3.8) is 0 Å². The average molecular weight is 413 g/mol. The van der Waals surface area contributed by atoms with E-state index in [9.17, 15) is 13.2 Å². The molecule has 0 radical (unpaired) electrons. The van der Waals surface area contributed by atoms with Crippen LogP contribution in [0.25, 0.3) is 0 Å². The molecule has 0 spiro atoms. The number of methoxy groups -OCH3 is 2.